The smallest absolute Gasteiger partial charge is 0.353 e. The Labute approximate surface area is 184 Å². The average Bonchev–Trinajstić information content (AvgIpc) is 2.83. The van der Waals surface area contributed by atoms with E-state index in [-0.39, 0.29) is 17.3 Å². The number of benzene rings is 1. The minimum atomic E-state index is -0.539. The molecule has 4 rings (SSSR count). The van der Waals surface area contributed by atoms with E-state index in [1.54, 1.807) is 18.3 Å². The minimum Gasteiger partial charge on any atom is -0.353 e. The van der Waals surface area contributed by atoms with Gasteiger partial charge in [-0.2, -0.15) is 0 Å². The lowest BCUT2D eigenvalue weighted by atomic mass is 10.1. The van der Waals surface area contributed by atoms with Crippen LogP contribution in [0.15, 0.2) is 55.0 Å². The number of pyridine rings is 1. The van der Waals surface area contributed by atoms with Crippen molar-refractivity contribution in [1.82, 2.24) is 20.4 Å². The molecule has 2 N–H and O–H groups in total. The van der Waals surface area contributed by atoms with Crippen LogP contribution in [0, 0.1) is 17.0 Å². The van der Waals surface area contributed by atoms with E-state index in [2.05, 4.69) is 30.7 Å². The van der Waals surface area contributed by atoms with Crippen molar-refractivity contribution < 1.29 is 9.72 Å². The predicted molar refractivity (Wildman–Crippen MR) is 120 cm³/mol. The fourth-order valence-corrected chi connectivity index (χ4v) is 3.56. The zero-order chi connectivity index (χ0) is 22.5. The Morgan fingerprint density at radius 2 is 1.72 bits per heavy atom. The first kappa shape index (κ1) is 21.0. The quantitative estimate of drug-likeness (QED) is 0.443. The number of amides is 1. The van der Waals surface area contributed by atoms with E-state index in [1.807, 2.05) is 42.2 Å². The third-order valence-electron chi connectivity index (χ3n) is 5.22. The average molecular weight is 434 g/mol. The number of carbonyl (C=O) groups excluding carboxylic acids is 1. The summed E-state index contributed by atoms with van der Waals surface area (Å²) in [7, 11) is 0. The molecule has 1 aliphatic rings. The van der Waals surface area contributed by atoms with Crippen molar-refractivity contribution in [2.75, 3.05) is 41.4 Å². The SMILES string of the molecule is Cc1ccccc1C(=O)NNc1ncnc(N2CCN(c3ccccn3)CC2)c1[N+](=O)[O-]. The number of nitro groups is 1. The second kappa shape index (κ2) is 9.25. The van der Waals surface area contributed by atoms with Crippen LogP contribution in [-0.4, -0.2) is 52.0 Å². The van der Waals surface area contributed by atoms with Crippen LogP contribution in [0.3, 0.4) is 0 Å². The molecule has 0 aliphatic carbocycles. The second-order valence-corrected chi connectivity index (χ2v) is 7.21. The van der Waals surface area contributed by atoms with Crippen molar-refractivity contribution in [2.45, 2.75) is 6.92 Å². The summed E-state index contributed by atoms with van der Waals surface area (Å²) in [6.45, 7) is 4.16. The standard InChI is InChI=1S/C21H22N8O3/c1-15-6-2-3-7-16(15)21(30)26-25-19-18(29(31)32)20(24-14-23-19)28-12-10-27(11-13-28)17-8-4-5-9-22-17/h2-9,14H,10-13H2,1H3,(H,26,30)(H,23,24,25). The normalized spacial score (nSPS) is 13.5. The number of hydrazine groups is 1. The van der Waals surface area contributed by atoms with Gasteiger partial charge in [0.2, 0.25) is 11.6 Å². The van der Waals surface area contributed by atoms with Gasteiger partial charge in [-0.15, -0.1) is 0 Å². The minimum absolute atomic E-state index is 0.0749. The summed E-state index contributed by atoms with van der Waals surface area (Å²) in [6.07, 6.45) is 2.98. The highest BCUT2D eigenvalue weighted by Crippen LogP contribution is 2.32. The second-order valence-electron chi connectivity index (χ2n) is 7.21. The van der Waals surface area contributed by atoms with Crippen LogP contribution < -0.4 is 20.7 Å². The van der Waals surface area contributed by atoms with E-state index in [4.69, 9.17) is 0 Å². The van der Waals surface area contributed by atoms with Crippen LogP contribution >= 0.6 is 0 Å². The molecule has 0 saturated carbocycles. The molecule has 1 aliphatic heterocycles. The molecule has 0 radical (unpaired) electrons. The Kier molecular flexibility index (Phi) is 6.06. The van der Waals surface area contributed by atoms with Gasteiger partial charge in [-0.3, -0.25) is 25.8 Å². The van der Waals surface area contributed by atoms with Crippen molar-refractivity contribution in [3.05, 3.63) is 76.2 Å². The molecule has 0 unspecified atom stereocenters. The first-order valence-electron chi connectivity index (χ1n) is 10.1. The largest absolute Gasteiger partial charge is 0.355 e. The van der Waals surface area contributed by atoms with E-state index in [0.717, 1.165) is 11.4 Å². The van der Waals surface area contributed by atoms with E-state index >= 15 is 0 Å². The molecule has 0 spiro atoms. The zero-order valence-corrected chi connectivity index (χ0v) is 17.4. The number of carbonyl (C=O) groups is 1. The summed E-state index contributed by atoms with van der Waals surface area (Å²) in [5.41, 5.74) is 6.05. The molecule has 1 fully saturated rings. The summed E-state index contributed by atoms with van der Waals surface area (Å²) < 4.78 is 0. The molecule has 2 aromatic heterocycles. The zero-order valence-electron chi connectivity index (χ0n) is 17.4. The van der Waals surface area contributed by atoms with E-state index in [1.165, 1.54) is 6.33 Å². The Balaban J connectivity index is 1.49. The van der Waals surface area contributed by atoms with Gasteiger partial charge in [0.1, 0.15) is 12.1 Å². The van der Waals surface area contributed by atoms with Crippen LogP contribution in [0.4, 0.5) is 23.1 Å². The van der Waals surface area contributed by atoms with Gasteiger partial charge in [-0.05, 0) is 30.7 Å². The Bertz CT molecular complexity index is 1120. The fourth-order valence-electron chi connectivity index (χ4n) is 3.56. The topological polar surface area (TPSA) is 129 Å². The summed E-state index contributed by atoms with van der Waals surface area (Å²) in [6, 6.07) is 12.8. The van der Waals surface area contributed by atoms with Crippen molar-refractivity contribution in [2.24, 2.45) is 0 Å². The van der Waals surface area contributed by atoms with E-state index < -0.39 is 10.8 Å². The summed E-state index contributed by atoms with van der Waals surface area (Å²) in [4.78, 5) is 40.3. The van der Waals surface area contributed by atoms with E-state index in [9.17, 15) is 14.9 Å². The number of aromatic nitrogens is 3. The van der Waals surface area contributed by atoms with Gasteiger partial charge in [0, 0.05) is 37.9 Å². The maximum atomic E-state index is 12.5. The van der Waals surface area contributed by atoms with Gasteiger partial charge < -0.3 is 9.80 Å². The van der Waals surface area contributed by atoms with Crippen LogP contribution in [0.1, 0.15) is 15.9 Å². The number of hydrogen-bond donors (Lipinski definition) is 2. The van der Waals surface area contributed by atoms with Crippen molar-refractivity contribution in [3.63, 3.8) is 0 Å². The molecular weight excluding hydrogens is 412 g/mol. The predicted octanol–water partition coefficient (Wildman–Crippen LogP) is 2.17. The number of hydrogen-bond acceptors (Lipinski definition) is 9. The third kappa shape index (κ3) is 4.41. The van der Waals surface area contributed by atoms with E-state index in [0.29, 0.717) is 31.7 Å². The number of nitrogens with zero attached hydrogens (tertiary/aromatic N) is 6. The van der Waals surface area contributed by atoms with Gasteiger partial charge in [-0.1, -0.05) is 24.3 Å². The van der Waals surface area contributed by atoms with Crippen LogP contribution in [0.5, 0.6) is 0 Å². The lowest BCUT2D eigenvalue weighted by molar-refractivity contribution is -0.383. The van der Waals surface area contributed by atoms with Gasteiger partial charge >= 0.3 is 5.69 Å². The molecule has 3 aromatic rings. The van der Waals surface area contributed by atoms with Gasteiger partial charge in [0.25, 0.3) is 5.91 Å². The molecule has 32 heavy (non-hydrogen) atoms. The molecule has 11 heteroatoms. The maximum Gasteiger partial charge on any atom is 0.355 e. The summed E-state index contributed by atoms with van der Waals surface area (Å²) in [5, 5.41) is 11.9. The van der Waals surface area contributed by atoms with Crippen LogP contribution in [0.2, 0.25) is 0 Å². The van der Waals surface area contributed by atoms with Gasteiger partial charge in [0.05, 0.1) is 4.92 Å². The third-order valence-corrected chi connectivity index (χ3v) is 5.22. The lowest BCUT2D eigenvalue weighted by Crippen LogP contribution is -2.47. The highest BCUT2D eigenvalue weighted by Gasteiger charge is 2.29. The molecular formula is C21H22N8O3. The summed E-state index contributed by atoms with van der Waals surface area (Å²) >= 11 is 0. The molecule has 11 nitrogen and oxygen atoms in total. The Morgan fingerprint density at radius 1 is 1.00 bits per heavy atom. The number of rotatable bonds is 6. The Morgan fingerprint density at radius 3 is 2.41 bits per heavy atom. The molecule has 1 aromatic carbocycles. The van der Waals surface area contributed by atoms with Crippen molar-refractivity contribution in [3.8, 4) is 0 Å². The molecule has 1 saturated heterocycles. The number of piperazine rings is 1. The van der Waals surface area contributed by atoms with Crippen LogP contribution in [0.25, 0.3) is 0 Å². The fraction of sp³-hybridized carbons (Fsp3) is 0.238. The van der Waals surface area contributed by atoms with Gasteiger partial charge in [-0.25, -0.2) is 15.0 Å². The highest BCUT2D eigenvalue weighted by atomic mass is 16.6. The number of aryl methyl sites for hydroxylation is 1. The molecule has 0 bridgehead atoms. The molecule has 1 amide bonds. The molecule has 164 valence electrons. The highest BCUT2D eigenvalue weighted by molar-refractivity contribution is 5.96. The maximum absolute atomic E-state index is 12.5. The van der Waals surface area contributed by atoms with Gasteiger partial charge in [0.15, 0.2) is 0 Å². The lowest BCUT2D eigenvalue weighted by Gasteiger charge is -2.35. The molecule has 3 heterocycles. The molecule has 0 atom stereocenters. The monoisotopic (exact) mass is 434 g/mol. The first-order valence-corrected chi connectivity index (χ1v) is 10.1. The van der Waals surface area contributed by atoms with Crippen LogP contribution in [-0.2, 0) is 0 Å². The summed E-state index contributed by atoms with van der Waals surface area (Å²) in [5.74, 6) is 0.583. The number of nitrogens with one attached hydrogen (secondary N) is 2. The first-order chi connectivity index (χ1) is 15.5. The number of anilines is 3. The Hall–Kier alpha value is -4.28. The van der Waals surface area contributed by atoms with Crippen molar-refractivity contribution >= 4 is 29.0 Å². The van der Waals surface area contributed by atoms with Crippen molar-refractivity contribution in [1.29, 1.82) is 0 Å².